The second-order valence-electron chi connectivity index (χ2n) is 6.53. The molecular formula is C17H27NO3. The summed E-state index contributed by atoms with van der Waals surface area (Å²) in [5.41, 5.74) is 0.783. The Morgan fingerprint density at radius 2 is 1.90 bits per heavy atom. The Labute approximate surface area is 127 Å². The Morgan fingerprint density at radius 3 is 2.48 bits per heavy atom. The molecule has 1 N–H and O–H groups in total. The van der Waals surface area contributed by atoms with Crippen LogP contribution in [0.1, 0.15) is 32.3 Å². The highest BCUT2D eigenvalue weighted by Crippen LogP contribution is 2.34. The van der Waals surface area contributed by atoms with Crippen molar-refractivity contribution >= 4 is 0 Å². The number of ether oxygens (including phenoxy) is 2. The lowest BCUT2D eigenvalue weighted by atomic mass is 9.85. The number of aliphatic hydroxyl groups is 1. The van der Waals surface area contributed by atoms with Gasteiger partial charge in [-0.1, -0.05) is 19.9 Å². The number of nitrogens with zero attached hydrogens (tertiary/aromatic N) is 1. The fourth-order valence-electron chi connectivity index (χ4n) is 2.56. The van der Waals surface area contributed by atoms with Crippen molar-refractivity contribution < 1.29 is 14.6 Å². The number of hydrogen-bond donors (Lipinski definition) is 1. The van der Waals surface area contributed by atoms with E-state index in [1.165, 1.54) is 0 Å². The van der Waals surface area contributed by atoms with Crippen molar-refractivity contribution in [1.82, 2.24) is 4.90 Å². The van der Waals surface area contributed by atoms with Gasteiger partial charge in [-0.3, -0.25) is 0 Å². The van der Waals surface area contributed by atoms with Crippen molar-refractivity contribution in [1.29, 1.82) is 0 Å². The summed E-state index contributed by atoms with van der Waals surface area (Å²) in [7, 11) is 3.80. The molecule has 0 aromatic heterocycles. The monoisotopic (exact) mass is 293 g/mol. The standard InChI is InChI=1S/C17H27NO3/c1-17(2,12-19)13-5-6-15(20-4)16(11-13)21-14-7-9-18(3)10-8-14/h5-6,11,14,19H,7-10,12H2,1-4H3. The minimum absolute atomic E-state index is 0.104. The maximum absolute atomic E-state index is 9.54. The topological polar surface area (TPSA) is 41.9 Å². The highest BCUT2D eigenvalue weighted by atomic mass is 16.5. The minimum atomic E-state index is -0.281. The van der Waals surface area contributed by atoms with Gasteiger partial charge in [0.15, 0.2) is 11.5 Å². The van der Waals surface area contributed by atoms with Crippen molar-refractivity contribution in [3.63, 3.8) is 0 Å². The summed E-state index contributed by atoms with van der Waals surface area (Å²) >= 11 is 0. The van der Waals surface area contributed by atoms with E-state index in [1.807, 2.05) is 32.0 Å². The summed E-state index contributed by atoms with van der Waals surface area (Å²) < 4.78 is 11.6. The van der Waals surface area contributed by atoms with Crippen molar-refractivity contribution in [3.05, 3.63) is 23.8 Å². The molecule has 1 aliphatic heterocycles. The van der Waals surface area contributed by atoms with E-state index in [2.05, 4.69) is 11.9 Å². The summed E-state index contributed by atoms with van der Waals surface area (Å²) in [6.07, 6.45) is 2.31. The van der Waals surface area contributed by atoms with E-state index in [0.29, 0.717) is 0 Å². The Bertz CT molecular complexity index is 465. The van der Waals surface area contributed by atoms with Crippen molar-refractivity contribution in [2.75, 3.05) is 33.9 Å². The number of aliphatic hydroxyl groups excluding tert-OH is 1. The number of likely N-dealkylation sites (tertiary alicyclic amines) is 1. The van der Waals surface area contributed by atoms with Crippen molar-refractivity contribution in [3.8, 4) is 11.5 Å². The number of benzene rings is 1. The van der Waals surface area contributed by atoms with Crippen LogP contribution in [0.5, 0.6) is 11.5 Å². The summed E-state index contributed by atoms with van der Waals surface area (Å²) in [5, 5.41) is 9.54. The summed E-state index contributed by atoms with van der Waals surface area (Å²) in [4.78, 5) is 2.32. The highest BCUT2D eigenvalue weighted by Gasteiger charge is 2.23. The predicted molar refractivity (Wildman–Crippen MR) is 84.3 cm³/mol. The first kappa shape index (κ1) is 16.1. The second kappa shape index (κ2) is 6.67. The normalized spacial score (nSPS) is 17.8. The van der Waals surface area contributed by atoms with E-state index >= 15 is 0 Å². The lowest BCUT2D eigenvalue weighted by Gasteiger charge is -2.30. The van der Waals surface area contributed by atoms with E-state index in [1.54, 1.807) is 7.11 Å². The molecule has 1 aromatic rings. The Morgan fingerprint density at radius 1 is 1.24 bits per heavy atom. The van der Waals surface area contributed by atoms with E-state index in [0.717, 1.165) is 43.0 Å². The van der Waals surface area contributed by atoms with Crippen LogP contribution in [0.2, 0.25) is 0 Å². The minimum Gasteiger partial charge on any atom is -0.493 e. The third-order valence-electron chi connectivity index (χ3n) is 4.30. The fourth-order valence-corrected chi connectivity index (χ4v) is 2.56. The molecule has 0 spiro atoms. The molecule has 1 fully saturated rings. The van der Waals surface area contributed by atoms with Gasteiger partial charge in [-0.2, -0.15) is 0 Å². The molecule has 4 nitrogen and oxygen atoms in total. The van der Waals surface area contributed by atoms with E-state index in [-0.39, 0.29) is 18.1 Å². The molecule has 0 saturated carbocycles. The zero-order valence-electron chi connectivity index (χ0n) is 13.6. The Kier molecular flexibility index (Phi) is 5.12. The van der Waals surface area contributed by atoms with Crippen LogP contribution < -0.4 is 9.47 Å². The van der Waals surface area contributed by atoms with Gasteiger partial charge in [-0.05, 0) is 37.6 Å². The molecule has 4 heteroatoms. The molecule has 1 heterocycles. The predicted octanol–water partition coefficient (Wildman–Crippen LogP) is 2.44. The molecule has 21 heavy (non-hydrogen) atoms. The quantitative estimate of drug-likeness (QED) is 0.905. The van der Waals surface area contributed by atoms with E-state index in [4.69, 9.17) is 9.47 Å². The Hall–Kier alpha value is -1.26. The van der Waals surface area contributed by atoms with Gasteiger partial charge in [-0.25, -0.2) is 0 Å². The third-order valence-corrected chi connectivity index (χ3v) is 4.30. The third kappa shape index (κ3) is 3.89. The first-order valence-electron chi connectivity index (χ1n) is 7.61. The van der Waals surface area contributed by atoms with Gasteiger partial charge in [-0.15, -0.1) is 0 Å². The summed E-state index contributed by atoms with van der Waals surface area (Å²) in [6.45, 7) is 6.28. The van der Waals surface area contributed by atoms with Gasteiger partial charge in [0.05, 0.1) is 13.7 Å². The molecule has 0 radical (unpaired) electrons. The van der Waals surface area contributed by atoms with Crippen LogP contribution in [0.3, 0.4) is 0 Å². The molecule has 118 valence electrons. The van der Waals surface area contributed by atoms with Gasteiger partial charge < -0.3 is 19.5 Å². The molecule has 1 aromatic carbocycles. The van der Waals surface area contributed by atoms with Crippen LogP contribution in [-0.4, -0.2) is 50.0 Å². The molecule has 1 aliphatic rings. The Balaban J connectivity index is 2.18. The highest BCUT2D eigenvalue weighted by molar-refractivity contribution is 5.45. The van der Waals surface area contributed by atoms with Crippen LogP contribution in [-0.2, 0) is 5.41 Å². The average molecular weight is 293 g/mol. The fraction of sp³-hybridized carbons (Fsp3) is 0.647. The molecule has 0 aliphatic carbocycles. The van der Waals surface area contributed by atoms with Crippen LogP contribution in [0.4, 0.5) is 0 Å². The lowest BCUT2D eigenvalue weighted by Crippen LogP contribution is -2.35. The van der Waals surface area contributed by atoms with Gasteiger partial charge in [0.1, 0.15) is 6.10 Å². The first-order valence-corrected chi connectivity index (χ1v) is 7.61. The van der Waals surface area contributed by atoms with Gasteiger partial charge in [0.25, 0.3) is 0 Å². The molecule has 2 rings (SSSR count). The largest absolute Gasteiger partial charge is 0.493 e. The molecule has 0 unspecified atom stereocenters. The molecule has 1 saturated heterocycles. The maximum atomic E-state index is 9.54. The first-order chi connectivity index (χ1) is 9.96. The summed E-state index contributed by atoms with van der Waals surface area (Å²) in [5.74, 6) is 1.54. The van der Waals surface area contributed by atoms with Gasteiger partial charge >= 0.3 is 0 Å². The SMILES string of the molecule is COc1ccc(C(C)(C)CO)cc1OC1CCN(C)CC1. The average Bonchev–Trinajstić information content (AvgIpc) is 2.49. The number of methoxy groups -OCH3 is 1. The van der Waals surface area contributed by atoms with Crippen LogP contribution in [0.25, 0.3) is 0 Å². The van der Waals surface area contributed by atoms with Crippen LogP contribution >= 0.6 is 0 Å². The van der Waals surface area contributed by atoms with E-state index in [9.17, 15) is 5.11 Å². The lowest BCUT2D eigenvalue weighted by molar-refractivity contribution is 0.111. The van der Waals surface area contributed by atoms with Crippen molar-refractivity contribution in [2.24, 2.45) is 0 Å². The zero-order valence-corrected chi connectivity index (χ0v) is 13.6. The van der Waals surface area contributed by atoms with E-state index < -0.39 is 0 Å². The molecular weight excluding hydrogens is 266 g/mol. The van der Waals surface area contributed by atoms with Gasteiger partial charge in [0, 0.05) is 18.5 Å². The summed E-state index contributed by atoms with van der Waals surface area (Å²) in [6, 6.07) is 5.93. The van der Waals surface area contributed by atoms with Crippen LogP contribution in [0.15, 0.2) is 18.2 Å². The molecule has 0 bridgehead atoms. The van der Waals surface area contributed by atoms with Gasteiger partial charge in [0.2, 0.25) is 0 Å². The second-order valence-corrected chi connectivity index (χ2v) is 6.53. The number of hydrogen-bond acceptors (Lipinski definition) is 4. The molecule has 0 atom stereocenters. The van der Waals surface area contributed by atoms with Crippen molar-refractivity contribution in [2.45, 2.75) is 38.2 Å². The zero-order chi connectivity index (χ0) is 15.5. The molecule has 0 amide bonds. The number of piperidine rings is 1. The number of rotatable bonds is 5. The smallest absolute Gasteiger partial charge is 0.161 e. The van der Waals surface area contributed by atoms with Crippen LogP contribution in [0, 0.1) is 0 Å². The maximum Gasteiger partial charge on any atom is 0.161 e.